The van der Waals surface area contributed by atoms with Gasteiger partial charge in [0.2, 0.25) is 0 Å². The minimum absolute atomic E-state index is 0.155. The monoisotopic (exact) mass is 320 g/mol. The number of nitro groups is 1. The van der Waals surface area contributed by atoms with Crippen LogP contribution in [0.1, 0.15) is 34.5 Å². The van der Waals surface area contributed by atoms with Crippen molar-refractivity contribution in [3.8, 4) is 0 Å². The summed E-state index contributed by atoms with van der Waals surface area (Å²) in [7, 11) is 0. The van der Waals surface area contributed by atoms with Crippen LogP contribution in [0.4, 0.5) is 14.5 Å². The third kappa shape index (κ3) is 3.50. The molecule has 1 amide bonds. The molecule has 120 valence electrons. The lowest BCUT2D eigenvalue weighted by Gasteiger charge is -2.15. The van der Waals surface area contributed by atoms with E-state index in [2.05, 4.69) is 5.32 Å². The first-order valence-electron chi connectivity index (χ1n) is 6.81. The van der Waals surface area contributed by atoms with Gasteiger partial charge in [-0.3, -0.25) is 14.9 Å². The number of carbonyl (C=O) groups is 1. The fourth-order valence-corrected chi connectivity index (χ4v) is 2.21. The lowest BCUT2D eigenvalue weighted by Crippen LogP contribution is -2.27. The molecule has 0 saturated heterocycles. The van der Waals surface area contributed by atoms with Crippen LogP contribution in [0.15, 0.2) is 36.4 Å². The Morgan fingerprint density at radius 1 is 1.22 bits per heavy atom. The molecule has 0 saturated carbocycles. The average Bonchev–Trinajstić information content (AvgIpc) is 2.49. The van der Waals surface area contributed by atoms with E-state index in [0.717, 1.165) is 12.1 Å². The van der Waals surface area contributed by atoms with Gasteiger partial charge in [0.25, 0.3) is 11.6 Å². The zero-order chi connectivity index (χ0) is 17.1. The Labute approximate surface area is 131 Å². The van der Waals surface area contributed by atoms with Crippen molar-refractivity contribution in [2.45, 2.75) is 19.9 Å². The van der Waals surface area contributed by atoms with Crippen molar-refractivity contribution in [1.82, 2.24) is 5.32 Å². The highest BCUT2D eigenvalue weighted by Gasteiger charge is 2.19. The quantitative estimate of drug-likeness (QED) is 0.690. The molecular weight excluding hydrogens is 306 g/mol. The Kier molecular flexibility index (Phi) is 4.68. The lowest BCUT2D eigenvalue weighted by molar-refractivity contribution is -0.385. The molecule has 1 unspecified atom stereocenters. The fourth-order valence-electron chi connectivity index (χ4n) is 2.21. The van der Waals surface area contributed by atoms with Crippen molar-refractivity contribution in [2.75, 3.05) is 0 Å². The third-order valence-corrected chi connectivity index (χ3v) is 3.54. The second-order valence-corrected chi connectivity index (χ2v) is 5.08. The Hall–Kier alpha value is -2.83. The normalized spacial score (nSPS) is 11.8. The number of nitrogens with zero attached hydrogens (tertiary/aromatic N) is 1. The zero-order valence-electron chi connectivity index (χ0n) is 12.5. The number of hydrogen-bond acceptors (Lipinski definition) is 3. The second kappa shape index (κ2) is 6.51. The van der Waals surface area contributed by atoms with Crippen molar-refractivity contribution >= 4 is 11.6 Å². The van der Waals surface area contributed by atoms with Crippen LogP contribution in [0.3, 0.4) is 0 Å². The summed E-state index contributed by atoms with van der Waals surface area (Å²) < 4.78 is 26.2. The number of rotatable bonds is 4. The third-order valence-electron chi connectivity index (χ3n) is 3.54. The van der Waals surface area contributed by atoms with Crippen LogP contribution in [0.25, 0.3) is 0 Å². The van der Waals surface area contributed by atoms with E-state index < -0.39 is 28.5 Å². The van der Waals surface area contributed by atoms with Crippen LogP contribution in [0, 0.1) is 28.7 Å². The van der Waals surface area contributed by atoms with E-state index in [1.807, 2.05) is 0 Å². The average molecular weight is 320 g/mol. The maximum absolute atomic E-state index is 13.2. The molecule has 0 spiro atoms. The summed E-state index contributed by atoms with van der Waals surface area (Å²) in [5.41, 5.74) is 0.639. The molecule has 0 aliphatic carbocycles. The number of amides is 1. The van der Waals surface area contributed by atoms with Gasteiger partial charge in [0.15, 0.2) is 11.6 Å². The molecule has 0 aromatic heterocycles. The smallest absolute Gasteiger partial charge is 0.273 e. The van der Waals surface area contributed by atoms with Gasteiger partial charge < -0.3 is 5.32 Å². The number of carbonyl (C=O) groups excluding carboxylic acids is 1. The van der Waals surface area contributed by atoms with Crippen molar-refractivity contribution in [3.63, 3.8) is 0 Å². The fraction of sp³-hybridized carbons (Fsp3) is 0.188. The van der Waals surface area contributed by atoms with Gasteiger partial charge in [0, 0.05) is 17.2 Å². The number of nitro benzene ring substituents is 1. The SMILES string of the molecule is Cc1c(C(=O)NC(C)c2ccc(F)c(F)c2)cccc1[N+](=O)[O-]. The minimum Gasteiger partial charge on any atom is -0.346 e. The molecule has 2 aromatic rings. The Morgan fingerprint density at radius 2 is 1.91 bits per heavy atom. The highest BCUT2D eigenvalue weighted by molar-refractivity contribution is 5.96. The molecule has 0 aliphatic heterocycles. The molecule has 0 radical (unpaired) electrons. The number of nitrogens with one attached hydrogen (secondary N) is 1. The molecular formula is C16H14F2N2O3. The molecule has 7 heteroatoms. The van der Waals surface area contributed by atoms with Crippen molar-refractivity contribution in [2.24, 2.45) is 0 Å². The molecule has 1 atom stereocenters. The van der Waals surface area contributed by atoms with Gasteiger partial charge in [0.05, 0.1) is 11.0 Å². The topological polar surface area (TPSA) is 72.2 Å². The predicted octanol–water partition coefficient (Wildman–Crippen LogP) is 3.67. The molecule has 0 aliphatic rings. The van der Waals surface area contributed by atoms with Crippen molar-refractivity contribution in [3.05, 3.63) is 74.8 Å². The van der Waals surface area contributed by atoms with Gasteiger partial charge >= 0.3 is 0 Å². The number of benzene rings is 2. The summed E-state index contributed by atoms with van der Waals surface area (Å²) in [6.07, 6.45) is 0. The van der Waals surface area contributed by atoms with Crippen LogP contribution < -0.4 is 5.32 Å². The summed E-state index contributed by atoms with van der Waals surface area (Å²) in [4.78, 5) is 22.6. The maximum Gasteiger partial charge on any atom is 0.273 e. The van der Waals surface area contributed by atoms with Crippen LogP contribution in [-0.2, 0) is 0 Å². The van der Waals surface area contributed by atoms with Crippen molar-refractivity contribution < 1.29 is 18.5 Å². The molecule has 2 rings (SSSR count). The Balaban J connectivity index is 2.23. The number of hydrogen-bond donors (Lipinski definition) is 1. The molecule has 1 N–H and O–H groups in total. The largest absolute Gasteiger partial charge is 0.346 e. The van der Waals surface area contributed by atoms with E-state index in [1.54, 1.807) is 6.92 Å². The Bertz CT molecular complexity index is 778. The van der Waals surface area contributed by atoms with E-state index in [1.165, 1.54) is 31.2 Å². The van der Waals surface area contributed by atoms with Crippen LogP contribution in [0.5, 0.6) is 0 Å². The highest BCUT2D eigenvalue weighted by Crippen LogP contribution is 2.22. The second-order valence-electron chi connectivity index (χ2n) is 5.08. The summed E-state index contributed by atoms with van der Waals surface area (Å²) in [5, 5.41) is 13.5. The van der Waals surface area contributed by atoms with Gasteiger partial charge in [-0.05, 0) is 37.6 Å². The maximum atomic E-state index is 13.2. The van der Waals surface area contributed by atoms with Crippen molar-refractivity contribution in [1.29, 1.82) is 0 Å². The molecule has 2 aromatic carbocycles. The summed E-state index contributed by atoms with van der Waals surface area (Å²) in [6, 6.07) is 6.95. The first kappa shape index (κ1) is 16.5. The Morgan fingerprint density at radius 3 is 2.52 bits per heavy atom. The van der Waals surface area contributed by atoms with Gasteiger partial charge in [0.1, 0.15) is 0 Å². The molecule has 5 nitrogen and oxygen atoms in total. The predicted molar refractivity (Wildman–Crippen MR) is 80.1 cm³/mol. The first-order chi connectivity index (χ1) is 10.8. The zero-order valence-corrected chi connectivity index (χ0v) is 12.5. The minimum atomic E-state index is -1.00. The molecule has 23 heavy (non-hydrogen) atoms. The van der Waals surface area contributed by atoms with Crippen LogP contribution in [0.2, 0.25) is 0 Å². The van der Waals surface area contributed by atoms with Gasteiger partial charge in [-0.15, -0.1) is 0 Å². The molecule has 0 fully saturated rings. The van der Waals surface area contributed by atoms with Crippen LogP contribution >= 0.6 is 0 Å². The standard InChI is InChI=1S/C16H14F2N2O3/c1-9-12(4-3-5-15(9)20(22)23)16(21)19-10(2)11-6-7-13(17)14(18)8-11/h3-8,10H,1-2H3,(H,19,21). The van der Waals surface area contributed by atoms with E-state index in [-0.39, 0.29) is 16.8 Å². The van der Waals surface area contributed by atoms with Gasteiger partial charge in [-0.1, -0.05) is 12.1 Å². The molecule has 0 bridgehead atoms. The molecule has 0 heterocycles. The number of halogens is 2. The van der Waals surface area contributed by atoms with Crippen LogP contribution in [-0.4, -0.2) is 10.8 Å². The van der Waals surface area contributed by atoms with E-state index in [9.17, 15) is 23.7 Å². The highest BCUT2D eigenvalue weighted by atomic mass is 19.2. The lowest BCUT2D eigenvalue weighted by atomic mass is 10.0. The summed E-state index contributed by atoms with van der Waals surface area (Å²) in [5.74, 6) is -2.50. The van der Waals surface area contributed by atoms with Gasteiger partial charge in [-0.25, -0.2) is 8.78 Å². The summed E-state index contributed by atoms with van der Waals surface area (Å²) >= 11 is 0. The summed E-state index contributed by atoms with van der Waals surface area (Å²) in [6.45, 7) is 3.09. The first-order valence-corrected chi connectivity index (χ1v) is 6.81. The van der Waals surface area contributed by atoms with E-state index in [0.29, 0.717) is 5.56 Å². The van der Waals surface area contributed by atoms with E-state index in [4.69, 9.17) is 0 Å². The van der Waals surface area contributed by atoms with E-state index >= 15 is 0 Å². The van der Waals surface area contributed by atoms with Gasteiger partial charge in [-0.2, -0.15) is 0 Å².